The standard InChI is InChI=1S/C11H8F3N3O/c12-11(13,14)8-3-1-6-17(10(8)18)7-9-15-4-2-5-16-9/h1-6H,7H2. The van der Waals surface area contributed by atoms with E-state index in [0.717, 1.165) is 10.6 Å². The van der Waals surface area contributed by atoms with E-state index in [9.17, 15) is 18.0 Å². The van der Waals surface area contributed by atoms with E-state index in [1.54, 1.807) is 6.07 Å². The van der Waals surface area contributed by atoms with Crippen LogP contribution in [0.3, 0.4) is 0 Å². The highest BCUT2D eigenvalue weighted by atomic mass is 19.4. The van der Waals surface area contributed by atoms with Gasteiger partial charge in [-0.2, -0.15) is 13.2 Å². The van der Waals surface area contributed by atoms with Gasteiger partial charge < -0.3 is 4.57 Å². The van der Waals surface area contributed by atoms with Crippen LogP contribution in [0.15, 0.2) is 41.6 Å². The molecule has 0 fully saturated rings. The summed E-state index contributed by atoms with van der Waals surface area (Å²) < 4.78 is 38.5. The molecular weight excluding hydrogens is 247 g/mol. The van der Waals surface area contributed by atoms with Crippen LogP contribution in [-0.4, -0.2) is 14.5 Å². The van der Waals surface area contributed by atoms with E-state index in [2.05, 4.69) is 9.97 Å². The summed E-state index contributed by atoms with van der Waals surface area (Å²) in [6.45, 7) is -0.0937. The molecule has 0 spiro atoms. The van der Waals surface area contributed by atoms with Gasteiger partial charge in [-0.3, -0.25) is 4.79 Å². The summed E-state index contributed by atoms with van der Waals surface area (Å²) in [5.41, 5.74) is -2.29. The highest BCUT2D eigenvalue weighted by Gasteiger charge is 2.34. The molecule has 7 heteroatoms. The van der Waals surface area contributed by atoms with Crippen LogP contribution in [0, 0.1) is 0 Å². The molecule has 0 aliphatic heterocycles. The maximum absolute atomic E-state index is 12.5. The van der Waals surface area contributed by atoms with Crippen molar-refractivity contribution in [1.29, 1.82) is 0 Å². The van der Waals surface area contributed by atoms with Gasteiger partial charge in [0.15, 0.2) is 0 Å². The van der Waals surface area contributed by atoms with Crippen molar-refractivity contribution in [3.05, 3.63) is 58.5 Å². The molecule has 2 rings (SSSR count). The quantitative estimate of drug-likeness (QED) is 0.820. The topological polar surface area (TPSA) is 47.8 Å². The molecule has 0 N–H and O–H groups in total. The molecule has 0 radical (unpaired) electrons. The summed E-state index contributed by atoms with van der Waals surface area (Å²) in [5.74, 6) is 0.277. The Kier molecular flexibility index (Phi) is 3.14. The first-order valence-corrected chi connectivity index (χ1v) is 5.01. The average Bonchev–Trinajstić information content (AvgIpc) is 2.32. The lowest BCUT2D eigenvalue weighted by atomic mass is 10.2. The molecule has 0 unspecified atom stereocenters. The second-order valence-corrected chi connectivity index (χ2v) is 3.52. The number of hydrogen-bond donors (Lipinski definition) is 0. The molecule has 0 atom stereocenters. The van der Waals surface area contributed by atoms with Gasteiger partial charge in [0.25, 0.3) is 5.56 Å². The van der Waals surface area contributed by atoms with Crippen LogP contribution >= 0.6 is 0 Å². The lowest BCUT2D eigenvalue weighted by Gasteiger charge is -2.09. The van der Waals surface area contributed by atoms with Crippen molar-refractivity contribution < 1.29 is 13.2 Å². The predicted molar refractivity (Wildman–Crippen MR) is 56.8 cm³/mol. The predicted octanol–water partition coefficient (Wildman–Crippen LogP) is 1.71. The SMILES string of the molecule is O=c1c(C(F)(F)F)cccn1Cc1ncccn1. The van der Waals surface area contributed by atoms with E-state index < -0.39 is 17.3 Å². The number of hydrogen-bond acceptors (Lipinski definition) is 3. The first kappa shape index (κ1) is 12.3. The summed E-state index contributed by atoms with van der Waals surface area (Å²) >= 11 is 0. The second-order valence-electron chi connectivity index (χ2n) is 3.52. The Balaban J connectivity index is 2.39. The molecule has 0 amide bonds. The lowest BCUT2D eigenvalue weighted by Crippen LogP contribution is -2.28. The third-order valence-electron chi connectivity index (χ3n) is 2.26. The maximum Gasteiger partial charge on any atom is 0.421 e. The van der Waals surface area contributed by atoms with Crippen LogP contribution in [0.1, 0.15) is 11.4 Å². The Morgan fingerprint density at radius 1 is 1.17 bits per heavy atom. The van der Waals surface area contributed by atoms with Crippen LogP contribution in [0.2, 0.25) is 0 Å². The molecule has 2 aromatic heterocycles. The van der Waals surface area contributed by atoms with E-state index in [0.29, 0.717) is 0 Å². The van der Waals surface area contributed by atoms with Gasteiger partial charge in [0.1, 0.15) is 11.4 Å². The molecular formula is C11H8F3N3O. The van der Waals surface area contributed by atoms with E-state index in [1.807, 2.05) is 0 Å². The van der Waals surface area contributed by atoms with Gasteiger partial charge in [0, 0.05) is 18.6 Å². The van der Waals surface area contributed by atoms with Crippen molar-refractivity contribution >= 4 is 0 Å². The summed E-state index contributed by atoms with van der Waals surface area (Å²) in [5, 5.41) is 0. The molecule has 94 valence electrons. The summed E-state index contributed by atoms with van der Waals surface area (Å²) in [6.07, 6.45) is -0.465. The molecule has 0 saturated carbocycles. The van der Waals surface area contributed by atoms with Gasteiger partial charge in [-0.05, 0) is 18.2 Å². The van der Waals surface area contributed by atoms with Crippen molar-refractivity contribution in [2.75, 3.05) is 0 Å². The Labute approximate surface area is 99.7 Å². The molecule has 0 saturated heterocycles. The highest BCUT2D eigenvalue weighted by molar-refractivity contribution is 5.14. The minimum absolute atomic E-state index is 0.0937. The number of aromatic nitrogens is 3. The number of alkyl halides is 3. The third-order valence-corrected chi connectivity index (χ3v) is 2.26. The zero-order chi connectivity index (χ0) is 13.2. The zero-order valence-corrected chi connectivity index (χ0v) is 9.05. The largest absolute Gasteiger partial charge is 0.421 e. The van der Waals surface area contributed by atoms with Crippen molar-refractivity contribution in [3.63, 3.8) is 0 Å². The molecule has 0 aliphatic rings. The molecule has 0 aromatic carbocycles. The van der Waals surface area contributed by atoms with Crippen LogP contribution in [0.4, 0.5) is 13.2 Å². The highest BCUT2D eigenvalue weighted by Crippen LogP contribution is 2.25. The van der Waals surface area contributed by atoms with Crippen LogP contribution in [-0.2, 0) is 12.7 Å². The zero-order valence-electron chi connectivity index (χ0n) is 9.05. The van der Waals surface area contributed by atoms with Gasteiger partial charge in [-0.1, -0.05) is 0 Å². The average molecular weight is 255 g/mol. The van der Waals surface area contributed by atoms with Crippen LogP contribution in [0.5, 0.6) is 0 Å². The molecule has 2 aromatic rings. The number of nitrogens with zero attached hydrogens (tertiary/aromatic N) is 3. The fourth-order valence-corrected chi connectivity index (χ4v) is 1.44. The second kappa shape index (κ2) is 4.59. The Hall–Kier alpha value is -2.18. The molecule has 0 aliphatic carbocycles. The molecule has 18 heavy (non-hydrogen) atoms. The Bertz CT molecular complexity index is 592. The van der Waals surface area contributed by atoms with Crippen molar-refractivity contribution in [3.8, 4) is 0 Å². The van der Waals surface area contributed by atoms with Gasteiger partial charge in [0.05, 0.1) is 6.54 Å². The maximum atomic E-state index is 12.5. The lowest BCUT2D eigenvalue weighted by molar-refractivity contribution is -0.138. The van der Waals surface area contributed by atoms with Gasteiger partial charge in [-0.15, -0.1) is 0 Å². The number of pyridine rings is 1. The minimum atomic E-state index is -4.66. The van der Waals surface area contributed by atoms with Gasteiger partial charge in [0.2, 0.25) is 0 Å². The Morgan fingerprint density at radius 2 is 1.83 bits per heavy atom. The number of rotatable bonds is 2. The van der Waals surface area contributed by atoms with Crippen molar-refractivity contribution in [1.82, 2.24) is 14.5 Å². The molecule has 0 bridgehead atoms. The van der Waals surface area contributed by atoms with Crippen LogP contribution < -0.4 is 5.56 Å². The molecule has 2 heterocycles. The first-order valence-electron chi connectivity index (χ1n) is 5.01. The monoisotopic (exact) mass is 255 g/mol. The Morgan fingerprint density at radius 3 is 2.44 bits per heavy atom. The van der Waals surface area contributed by atoms with Crippen molar-refractivity contribution in [2.45, 2.75) is 12.7 Å². The van der Waals surface area contributed by atoms with E-state index in [1.165, 1.54) is 24.7 Å². The van der Waals surface area contributed by atoms with E-state index >= 15 is 0 Å². The molecule has 4 nitrogen and oxygen atoms in total. The number of halogens is 3. The first-order chi connectivity index (χ1) is 8.48. The minimum Gasteiger partial charge on any atom is -0.307 e. The van der Waals surface area contributed by atoms with E-state index in [4.69, 9.17) is 0 Å². The summed E-state index contributed by atoms with van der Waals surface area (Å²) in [4.78, 5) is 19.3. The summed E-state index contributed by atoms with van der Waals surface area (Å²) in [6, 6.07) is 3.51. The van der Waals surface area contributed by atoms with Crippen molar-refractivity contribution in [2.24, 2.45) is 0 Å². The van der Waals surface area contributed by atoms with Gasteiger partial charge in [-0.25, -0.2) is 9.97 Å². The van der Waals surface area contributed by atoms with Crippen LogP contribution in [0.25, 0.3) is 0 Å². The fraction of sp³-hybridized carbons (Fsp3) is 0.182. The van der Waals surface area contributed by atoms with Gasteiger partial charge >= 0.3 is 6.18 Å². The summed E-state index contributed by atoms with van der Waals surface area (Å²) in [7, 11) is 0. The van der Waals surface area contributed by atoms with E-state index in [-0.39, 0.29) is 12.4 Å². The third kappa shape index (κ3) is 2.55. The fourth-order valence-electron chi connectivity index (χ4n) is 1.44. The smallest absolute Gasteiger partial charge is 0.307 e. The normalized spacial score (nSPS) is 11.5.